The zero-order valence-corrected chi connectivity index (χ0v) is 10.9. The Morgan fingerprint density at radius 1 is 1.44 bits per heavy atom. The monoisotopic (exact) mass is 253 g/mol. The lowest BCUT2D eigenvalue weighted by molar-refractivity contribution is -0.119. The summed E-state index contributed by atoms with van der Waals surface area (Å²) in [7, 11) is 3.16. The number of methoxy groups -OCH3 is 2. The summed E-state index contributed by atoms with van der Waals surface area (Å²) < 4.78 is 10.00. The second kappa shape index (κ2) is 7.50. The van der Waals surface area contributed by atoms with Gasteiger partial charge >= 0.3 is 0 Å². The average Bonchev–Trinajstić information content (AvgIpc) is 2.37. The highest BCUT2D eigenvalue weighted by Crippen LogP contribution is 2.22. The van der Waals surface area contributed by atoms with Crippen molar-refractivity contribution < 1.29 is 14.3 Å². The number of pyridine rings is 1. The molecule has 0 saturated heterocycles. The van der Waals surface area contributed by atoms with E-state index in [0.717, 1.165) is 11.4 Å². The van der Waals surface area contributed by atoms with E-state index in [1.54, 1.807) is 20.4 Å². The summed E-state index contributed by atoms with van der Waals surface area (Å²) in [4.78, 5) is 15.6. The number of carbonyl (C=O) groups is 1. The third-order valence-corrected chi connectivity index (χ3v) is 2.29. The van der Waals surface area contributed by atoms with Gasteiger partial charge in [0.25, 0.3) is 0 Å². The Morgan fingerprint density at radius 2 is 2.22 bits per heavy atom. The maximum Gasteiger partial charge on any atom is 0.239 e. The minimum Gasteiger partial charge on any atom is -0.493 e. The molecular formula is C12H19N3O3. The topological polar surface area (TPSA) is 72.5 Å². The minimum absolute atomic E-state index is 0.0939. The fraction of sp³-hybridized carbons (Fsp3) is 0.500. The van der Waals surface area contributed by atoms with Crippen LogP contribution in [0.3, 0.4) is 0 Å². The van der Waals surface area contributed by atoms with Gasteiger partial charge in [0.05, 0.1) is 32.1 Å². The van der Waals surface area contributed by atoms with Crippen LogP contribution < -0.4 is 15.4 Å². The molecule has 0 aliphatic rings. The molecule has 0 bridgehead atoms. The van der Waals surface area contributed by atoms with Crippen LogP contribution in [-0.4, -0.2) is 44.8 Å². The van der Waals surface area contributed by atoms with E-state index in [1.165, 1.54) is 0 Å². The average molecular weight is 253 g/mol. The largest absolute Gasteiger partial charge is 0.493 e. The molecule has 1 heterocycles. The molecule has 1 amide bonds. The summed E-state index contributed by atoms with van der Waals surface area (Å²) >= 11 is 0. The van der Waals surface area contributed by atoms with Crippen molar-refractivity contribution in [3.05, 3.63) is 18.0 Å². The Hall–Kier alpha value is -1.82. The number of anilines is 1. The van der Waals surface area contributed by atoms with Crippen molar-refractivity contribution in [3.63, 3.8) is 0 Å². The molecule has 2 N–H and O–H groups in total. The number of nitrogens with zero attached hydrogens (tertiary/aromatic N) is 1. The van der Waals surface area contributed by atoms with Gasteiger partial charge in [-0.25, -0.2) is 0 Å². The number of carbonyl (C=O) groups excluding carboxylic acids is 1. The fourth-order valence-corrected chi connectivity index (χ4v) is 1.38. The number of hydrogen-bond donors (Lipinski definition) is 2. The normalized spacial score (nSPS) is 9.94. The van der Waals surface area contributed by atoms with E-state index >= 15 is 0 Å². The van der Waals surface area contributed by atoms with Crippen LogP contribution in [0.5, 0.6) is 5.75 Å². The van der Waals surface area contributed by atoms with Crippen LogP contribution in [0.2, 0.25) is 0 Å². The molecule has 0 aliphatic carbocycles. The van der Waals surface area contributed by atoms with E-state index in [9.17, 15) is 4.79 Å². The number of rotatable bonds is 7. The molecular weight excluding hydrogens is 234 g/mol. The molecule has 0 saturated carbocycles. The summed E-state index contributed by atoms with van der Waals surface area (Å²) in [6.07, 6.45) is 1.63. The SMILES string of the molecule is COCCNC(=O)CNc1cc(C)ncc1OC. The Labute approximate surface area is 107 Å². The van der Waals surface area contributed by atoms with E-state index in [1.807, 2.05) is 13.0 Å². The third-order valence-electron chi connectivity index (χ3n) is 2.29. The van der Waals surface area contributed by atoms with Crippen LogP contribution in [0.25, 0.3) is 0 Å². The predicted molar refractivity (Wildman–Crippen MR) is 68.9 cm³/mol. The zero-order chi connectivity index (χ0) is 13.4. The van der Waals surface area contributed by atoms with Crippen molar-refractivity contribution in [2.24, 2.45) is 0 Å². The smallest absolute Gasteiger partial charge is 0.239 e. The first-order chi connectivity index (χ1) is 8.67. The van der Waals surface area contributed by atoms with Gasteiger partial charge in [0.1, 0.15) is 0 Å². The second-order valence-corrected chi connectivity index (χ2v) is 3.72. The van der Waals surface area contributed by atoms with Crippen LogP contribution >= 0.6 is 0 Å². The molecule has 1 rings (SSSR count). The highest BCUT2D eigenvalue weighted by atomic mass is 16.5. The van der Waals surface area contributed by atoms with Crippen LogP contribution in [-0.2, 0) is 9.53 Å². The summed E-state index contributed by atoms with van der Waals surface area (Å²) in [5.74, 6) is 0.522. The molecule has 0 atom stereocenters. The summed E-state index contributed by atoms with van der Waals surface area (Å²) in [5, 5.41) is 5.74. The molecule has 100 valence electrons. The van der Waals surface area contributed by atoms with Crippen molar-refractivity contribution in [1.29, 1.82) is 0 Å². The first-order valence-electron chi connectivity index (χ1n) is 5.67. The molecule has 0 spiro atoms. The first-order valence-corrected chi connectivity index (χ1v) is 5.67. The molecule has 0 fully saturated rings. The highest BCUT2D eigenvalue weighted by molar-refractivity contribution is 5.81. The molecule has 0 unspecified atom stereocenters. The first kappa shape index (κ1) is 14.2. The number of amides is 1. The van der Waals surface area contributed by atoms with Gasteiger partial charge in [-0.3, -0.25) is 9.78 Å². The Kier molecular flexibility index (Phi) is 5.93. The minimum atomic E-state index is -0.0939. The molecule has 0 aliphatic heterocycles. The van der Waals surface area contributed by atoms with Crippen LogP contribution in [0.15, 0.2) is 12.3 Å². The van der Waals surface area contributed by atoms with Gasteiger partial charge < -0.3 is 20.1 Å². The quantitative estimate of drug-likeness (QED) is 0.695. The van der Waals surface area contributed by atoms with Crippen LogP contribution in [0, 0.1) is 6.92 Å². The molecule has 6 heteroatoms. The zero-order valence-electron chi connectivity index (χ0n) is 10.9. The predicted octanol–water partition coefficient (Wildman–Crippen LogP) is 0.573. The van der Waals surface area contributed by atoms with Crippen molar-refractivity contribution >= 4 is 11.6 Å². The lowest BCUT2D eigenvalue weighted by atomic mass is 10.3. The lowest BCUT2D eigenvalue weighted by Gasteiger charge is -2.11. The Balaban J connectivity index is 2.47. The molecule has 0 aromatic carbocycles. The van der Waals surface area contributed by atoms with E-state index in [-0.39, 0.29) is 12.5 Å². The van der Waals surface area contributed by atoms with Gasteiger partial charge in [0, 0.05) is 19.3 Å². The summed E-state index contributed by atoms with van der Waals surface area (Å²) in [6, 6.07) is 1.83. The molecule has 1 aromatic heterocycles. The molecule has 1 aromatic rings. The molecule has 6 nitrogen and oxygen atoms in total. The third kappa shape index (κ3) is 4.58. The molecule has 0 radical (unpaired) electrons. The van der Waals surface area contributed by atoms with Gasteiger partial charge in [-0.2, -0.15) is 0 Å². The van der Waals surface area contributed by atoms with Crippen molar-refractivity contribution in [1.82, 2.24) is 10.3 Å². The van der Waals surface area contributed by atoms with Gasteiger partial charge in [0.15, 0.2) is 5.75 Å². The molecule has 18 heavy (non-hydrogen) atoms. The number of aromatic nitrogens is 1. The van der Waals surface area contributed by atoms with Crippen LogP contribution in [0.1, 0.15) is 5.69 Å². The highest BCUT2D eigenvalue weighted by Gasteiger charge is 2.06. The van der Waals surface area contributed by atoms with Crippen molar-refractivity contribution in [2.75, 3.05) is 39.2 Å². The van der Waals surface area contributed by atoms with Gasteiger partial charge in [-0.1, -0.05) is 0 Å². The van der Waals surface area contributed by atoms with Gasteiger partial charge in [0.2, 0.25) is 5.91 Å². The van der Waals surface area contributed by atoms with Gasteiger partial charge in [-0.15, -0.1) is 0 Å². The number of aryl methyl sites for hydroxylation is 1. The number of ether oxygens (including phenoxy) is 2. The summed E-state index contributed by atoms with van der Waals surface area (Å²) in [6.45, 7) is 3.07. The maximum atomic E-state index is 11.5. The fourth-order valence-electron chi connectivity index (χ4n) is 1.38. The van der Waals surface area contributed by atoms with Crippen molar-refractivity contribution in [2.45, 2.75) is 6.92 Å². The standard InChI is InChI=1S/C12H19N3O3/c1-9-6-10(11(18-3)7-14-9)15-8-12(16)13-4-5-17-2/h6-7H,4-5,8H2,1-3H3,(H,13,16)(H,14,15). The van der Waals surface area contributed by atoms with Crippen LogP contribution in [0.4, 0.5) is 5.69 Å². The van der Waals surface area contributed by atoms with E-state index in [0.29, 0.717) is 18.9 Å². The second-order valence-electron chi connectivity index (χ2n) is 3.72. The number of hydrogen-bond acceptors (Lipinski definition) is 5. The number of nitrogens with one attached hydrogen (secondary N) is 2. The maximum absolute atomic E-state index is 11.5. The van der Waals surface area contributed by atoms with E-state index in [4.69, 9.17) is 9.47 Å². The van der Waals surface area contributed by atoms with Crippen molar-refractivity contribution in [3.8, 4) is 5.75 Å². The Bertz CT molecular complexity index is 396. The van der Waals surface area contributed by atoms with E-state index in [2.05, 4.69) is 15.6 Å². The summed E-state index contributed by atoms with van der Waals surface area (Å²) in [5.41, 5.74) is 1.62. The van der Waals surface area contributed by atoms with E-state index < -0.39 is 0 Å². The van der Waals surface area contributed by atoms with Gasteiger partial charge in [-0.05, 0) is 13.0 Å². The lowest BCUT2D eigenvalue weighted by Crippen LogP contribution is -2.32. The Morgan fingerprint density at radius 3 is 2.89 bits per heavy atom.